The summed E-state index contributed by atoms with van der Waals surface area (Å²) in [5.74, 6) is 0.399. The smallest absolute Gasteiger partial charge is 0.289 e. The third-order valence-electron chi connectivity index (χ3n) is 3.33. The van der Waals surface area contributed by atoms with Crippen molar-refractivity contribution in [1.82, 2.24) is 4.90 Å². The van der Waals surface area contributed by atoms with E-state index in [0.717, 1.165) is 31.3 Å². The zero-order valence-electron chi connectivity index (χ0n) is 9.99. The molecule has 0 N–H and O–H groups in total. The van der Waals surface area contributed by atoms with E-state index >= 15 is 0 Å². The van der Waals surface area contributed by atoms with Crippen LogP contribution in [0.15, 0.2) is 28.7 Å². The van der Waals surface area contributed by atoms with Gasteiger partial charge in [-0.25, -0.2) is 0 Å². The van der Waals surface area contributed by atoms with Gasteiger partial charge in [0.05, 0.1) is 0 Å². The second-order valence-electron chi connectivity index (χ2n) is 4.65. The van der Waals surface area contributed by atoms with Crippen molar-refractivity contribution in [3.63, 3.8) is 0 Å². The van der Waals surface area contributed by atoms with E-state index < -0.39 is 0 Å². The molecule has 18 heavy (non-hydrogen) atoms. The van der Waals surface area contributed by atoms with Crippen LogP contribution in [-0.4, -0.2) is 23.9 Å². The van der Waals surface area contributed by atoms with Crippen LogP contribution in [0.5, 0.6) is 0 Å². The third kappa shape index (κ3) is 2.10. The van der Waals surface area contributed by atoms with Crippen LogP contribution < -0.4 is 0 Å². The zero-order valence-corrected chi connectivity index (χ0v) is 10.7. The number of hydrogen-bond acceptors (Lipinski definition) is 2. The van der Waals surface area contributed by atoms with Crippen molar-refractivity contribution in [1.29, 1.82) is 0 Å². The van der Waals surface area contributed by atoms with Crippen molar-refractivity contribution >= 4 is 28.5 Å². The fourth-order valence-corrected chi connectivity index (χ4v) is 2.55. The highest BCUT2D eigenvalue weighted by Crippen LogP contribution is 2.24. The third-order valence-corrected chi connectivity index (χ3v) is 3.57. The number of nitrogens with zero attached hydrogens (tertiary/aromatic N) is 1. The molecule has 4 heteroatoms. The predicted octanol–water partition coefficient (Wildman–Crippen LogP) is 3.71. The lowest BCUT2D eigenvalue weighted by atomic mass is 10.1. The Hall–Kier alpha value is -1.48. The first-order valence-corrected chi connectivity index (χ1v) is 6.60. The Morgan fingerprint density at radius 3 is 2.72 bits per heavy atom. The second-order valence-corrected chi connectivity index (χ2v) is 5.08. The van der Waals surface area contributed by atoms with E-state index in [1.54, 1.807) is 18.2 Å². The van der Waals surface area contributed by atoms with E-state index in [-0.39, 0.29) is 5.91 Å². The number of rotatable bonds is 1. The number of halogens is 1. The number of furan rings is 1. The highest BCUT2D eigenvalue weighted by Gasteiger charge is 2.21. The Labute approximate surface area is 110 Å². The molecule has 0 atom stereocenters. The number of fused-ring (bicyclic) bond motifs is 1. The van der Waals surface area contributed by atoms with Crippen LogP contribution in [0.25, 0.3) is 11.0 Å². The SMILES string of the molecule is O=C(c1cc2cc(Cl)ccc2o1)N1CCCCC1. The zero-order chi connectivity index (χ0) is 12.5. The van der Waals surface area contributed by atoms with E-state index in [2.05, 4.69) is 0 Å². The van der Waals surface area contributed by atoms with Gasteiger partial charge >= 0.3 is 0 Å². The molecule has 1 aromatic carbocycles. The van der Waals surface area contributed by atoms with E-state index in [1.807, 2.05) is 11.0 Å². The average molecular weight is 264 g/mol. The molecule has 0 unspecified atom stereocenters. The van der Waals surface area contributed by atoms with Crippen LogP contribution in [0.2, 0.25) is 5.02 Å². The van der Waals surface area contributed by atoms with Crippen LogP contribution in [0.4, 0.5) is 0 Å². The number of likely N-dealkylation sites (tertiary alicyclic amines) is 1. The summed E-state index contributed by atoms with van der Waals surface area (Å²) in [5.41, 5.74) is 0.708. The van der Waals surface area contributed by atoms with Gasteiger partial charge < -0.3 is 9.32 Å². The summed E-state index contributed by atoms with van der Waals surface area (Å²) in [4.78, 5) is 14.1. The summed E-state index contributed by atoms with van der Waals surface area (Å²) in [6, 6.07) is 7.15. The highest BCUT2D eigenvalue weighted by atomic mass is 35.5. The molecule has 2 heterocycles. The van der Waals surface area contributed by atoms with Crippen molar-refractivity contribution in [3.8, 4) is 0 Å². The van der Waals surface area contributed by atoms with Crippen LogP contribution in [0, 0.1) is 0 Å². The van der Waals surface area contributed by atoms with Crippen molar-refractivity contribution < 1.29 is 9.21 Å². The lowest BCUT2D eigenvalue weighted by Gasteiger charge is -2.25. The first-order chi connectivity index (χ1) is 8.74. The molecule has 1 aliphatic heterocycles. The minimum Gasteiger partial charge on any atom is -0.451 e. The number of piperidine rings is 1. The number of benzene rings is 1. The Balaban J connectivity index is 1.91. The number of amides is 1. The quantitative estimate of drug-likeness (QED) is 0.786. The molecule has 2 aromatic rings. The molecule has 1 aliphatic rings. The molecule has 0 radical (unpaired) electrons. The fourth-order valence-electron chi connectivity index (χ4n) is 2.37. The molecule has 0 aliphatic carbocycles. The molecule has 1 amide bonds. The molecule has 1 fully saturated rings. The molecule has 1 saturated heterocycles. The van der Waals surface area contributed by atoms with Crippen molar-refractivity contribution in [2.45, 2.75) is 19.3 Å². The number of hydrogen-bond donors (Lipinski definition) is 0. The van der Waals surface area contributed by atoms with Gasteiger partial charge in [0, 0.05) is 23.5 Å². The Morgan fingerprint density at radius 1 is 1.17 bits per heavy atom. The highest BCUT2D eigenvalue weighted by molar-refractivity contribution is 6.31. The standard InChI is InChI=1S/C14H14ClNO2/c15-11-4-5-12-10(8-11)9-13(18-12)14(17)16-6-2-1-3-7-16/h4-5,8-9H,1-3,6-7H2. The fraction of sp³-hybridized carbons (Fsp3) is 0.357. The van der Waals surface area contributed by atoms with Crippen molar-refractivity contribution in [2.24, 2.45) is 0 Å². The van der Waals surface area contributed by atoms with Gasteiger partial charge in [-0.3, -0.25) is 4.79 Å². The van der Waals surface area contributed by atoms with Crippen molar-refractivity contribution in [2.75, 3.05) is 13.1 Å². The first-order valence-electron chi connectivity index (χ1n) is 6.22. The first kappa shape index (κ1) is 11.6. The van der Waals surface area contributed by atoms with E-state index in [1.165, 1.54) is 6.42 Å². The molecule has 0 bridgehead atoms. The van der Waals surface area contributed by atoms with Gasteiger partial charge in [0.1, 0.15) is 5.58 Å². The van der Waals surface area contributed by atoms with Gasteiger partial charge in [-0.1, -0.05) is 11.6 Å². The second kappa shape index (κ2) is 4.65. The molecular formula is C14H14ClNO2. The maximum Gasteiger partial charge on any atom is 0.289 e. The maximum absolute atomic E-state index is 12.3. The van der Waals surface area contributed by atoms with Gasteiger partial charge in [-0.2, -0.15) is 0 Å². The largest absolute Gasteiger partial charge is 0.451 e. The summed E-state index contributed by atoms with van der Waals surface area (Å²) in [5, 5.41) is 1.53. The molecule has 0 spiro atoms. The predicted molar refractivity (Wildman–Crippen MR) is 71.0 cm³/mol. The molecule has 94 valence electrons. The number of carbonyl (C=O) groups excluding carboxylic acids is 1. The lowest BCUT2D eigenvalue weighted by molar-refractivity contribution is 0.0694. The molecular weight excluding hydrogens is 250 g/mol. The summed E-state index contributed by atoms with van der Waals surface area (Å²) in [6.07, 6.45) is 3.37. The Kier molecular flexibility index (Phi) is 3.00. The van der Waals surface area contributed by atoms with Gasteiger partial charge in [0.2, 0.25) is 0 Å². The van der Waals surface area contributed by atoms with Gasteiger partial charge in [-0.05, 0) is 43.5 Å². The van der Waals surface area contributed by atoms with E-state index in [4.69, 9.17) is 16.0 Å². The van der Waals surface area contributed by atoms with Gasteiger partial charge in [0.25, 0.3) is 5.91 Å². The van der Waals surface area contributed by atoms with Crippen LogP contribution in [-0.2, 0) is 0 Å². The van der Waals surface area contributed by atoms with E-state index in [0.29, 0.717) is 16.4 Å². The van der Waals surface area contributed by atoms with Gasteiger partial charge in [0.15, 0.2) is 5.76 Å². The summed E-state index contributed by atoms with van der Waals surface area (Å²) in [6.45, 7) is 1.66. The van der Waals surface area contributed by atoms with Crippen LogP contribution >= 0.6 is 11.6 Å². The van der Waals surface area contributed by atoms with Crippen molar-refractivity contribution in [3.05, 3.63) is 35.0 Å². The Bertz CT molecular complexity index is 584. The summed E-state index contributed by atoms with van der Waals surface area (Å²) in [7, 11) is 0. The normalized spacial score (nSPS) is 16.2. The minimum atomic E-state index is -0.0120. The maximum atomic E-state index is 12.3. The average Bonchev–Trinajstić information content (AvgIpc) is 2.81. The van der Waals surface area contributed by atoms with Crippen LogP contribution in [0.1, 0.15) is 29.8 Å². The molecule has 1 aromatic heterocycles. The van der Waals surface area contributed by atoms with Crippen LogP contribution in [0.3, 0.4) is 0 Å². The molecule has 0 saturated carbocycles. The molecule has 3 rings (SSSR count). The Morgan fingerprint density at radius 2 is 1.94 bits per heavy atom. The topological polar surface area (TPSA) is 33.5 Å². The lowest BCUT2D eigenvalue weighted by Crippen LogP contribution is -2.35. The minimum absolute atomic E-state index is 0.0120. The van der Waals surface area contributed by atoms with E-state index in [9.17, 15) is 4.79 Å². The molecule has 3 nitrogen and oxygen atoms in total. The van der Waals surface area contributed by atoms with Gasteiger partial charge in [-0.15, -0.1) is 0 Å². The number of carbonyl (C=O) groups is 1. The monoisotopic (exact) mass is 263 g/mol. The summed E-state index contributed by atoms with van der Waals surface area (Å²) >= 11 is 5.92. The summed E-state index contributed by atoms with van der Waals surface area (Å²) < 4.78 is 5.59.